The zero-order valence-electron chi connectivity index (χ0n) is 17.0. The first-order chi connectivity index (χ1) is 14.0. The van der Waals surface area contributed by atoms with Gasteiger partial charge in [0.1, 0.15) is 5.75 Å². The van der Waals surface area contributed by atoms with E-state index in [1.54, 1.807) is 11.9 Å². The van der Waals surface area contributed by atoms with Gasteiger partial charge in [-0.25, -0.2) is 0 Å². The molecule has 1 atom stereocenters. The number of nitrogens with one attached hydrogen (secondary N) is 2. The van der Waals surface area contributed by atoms with Crippen LogP contribution in [0.25, 0.3) is 0 Å². The van der Waals surface area contributed by atoms with E-state index in [0.29, 0.717) is 10.6 Å². The van der Waals surface area contributed by atoms with Gasteiger partial charge in [0.25, 0.3) is 11.8 Å². The number of para-hydroxylation sites is 1. The van der Waals surface area contributed by atoms with E-state index in [9.17, 15) is 22.8 Å². The van der Waals surface area contributed by atoms with Gasteiger partial charge in [0, 0.05) is 17.4 Å². The molecule has 6 nitrogen and oxygen atoms in total. The van der Waals surface area contributed by atoms with Crippen molar-refractivity contribution in [2.45, 2.75) is 26.3 Å². The number of ether oxygens (including phenoxy) is 1. The molecule has 0 radical (unpaired) electrons. The Morgan fingerprint density at radius 3 is 2.17 bits per heavy atom. The summed E-state index contributed by atoms with van der Waals surface area (Å²) in [7, 11) is 1.72. The van der Waals surface area contributed by atoms with E-state index < -0.39 is 6.36 Å². The number of amides is 2. The van der Waals surface area contributed by atoms with E-state index in [2.05, 4.69) is 10.1 Å². The summed E-state index contributed by atoms with van der Waals surface area (Å²) in [5.74, 6) is -0.848. The standard InChI is InChI=1S/C21H24F3N3O3/c1-15(2)27(17-7-5-4-6-8-17)20(29)14-26(3)13-19(28)25-16-9-11-18(12-10-16)30-21(22,23)24/h4-12,15H,13-14H2,1-3H3,(H,25,28)/p+1. The summed E-state index contributed by atoms with van der Waals surface area (Å²) in [4.78, 5) is 27.3. The van der Waals surface area contributed by atoms with Crippen LogP contribution in [0.4, 0.5) is 24.5 Å². The molecule has 0 aliphatic carbocycles. The molecule has 2 aromatic rings. The highest BCUT2D eigenvalue weighted by molar-refractivity contribution is 5.95. The quantitative estimate of drug-likeness (QED) is 0.685. The van der Waals surface area contributed by atoms with Crippen LogP contribution in [0.15, 0.2) is 54.6 Å². The highest BCUT2D eigenvalue weighted by Gasteiger charge is 2.31. The molecular formula is C21H25F3N3O3+. The maximum Gasteiger partial charge on any atom is 0.573 e. The van der Waals surface area contributed by atoms with Gasteiger partial charge in [-0.2, -0.15) is 0 Å². The maximum atomic E-state index is 12.8. The number of nitrogens with zero attached hydrogens (tertiary/aromatic N) is 1. The minimum Gasteiger partial charge on any atom is -0.406 e. The first-order valence-corrected chi connectivity index (χ1v) is 9.39. The van der Waals surface area contributed by atoms with Gasteiger partial charge in [0.05, 0.1) is 7.05 Å². The highest BCUT2D eigenvalue weighted by atomic mass is 19.4. The van der Waals surface area contributed by atoms with Crippen LogP contribution < -0.4 is 19.9 Å². The van der Waals surface area contributed by atoms with Gasteiger partial charge in [-0.1, -0.05) is 18.2 Å². The van der Waals surface area contributed by atoms with Crippen molar-refractivity contribution in [3.63, 3.8) is 0 Å². The molecule has 0 heterocycles. The second-order valence-electron chi connectivity index (χ2n) is 7.12. The smallest absolute Gasteiger partial charge is 0.406 e. The normalized spacial score (nSPS) is 12.4. The topological polar surface area (TPSA) is 63.1 Å². The van der Waals surface area contributed by atoms with Crippen molar-refractivity contribution in [3.05, 3.63) is 54.6 Å². The summed E-state index contributed by atoms with van der Waals surface area (Å²) >= 11 is 0. The third kappa shape index (κ3) is 7.40. The van der Waals surface area contributed by atoms with Crippen LogP contribution in [0.2, 0.25) is 0 Å². The molecule has 0 fully saturated rings. The molecule has 0 spiro atoms. The number of alkyl halides is 3. The molecule has 0 bridgehead atoms. The lowest BCUT2D eigenvalue weighted by Crippen LogP contribution is -3.11. The molecule has 0 saturated heterocycles. The second kappa shape index (κ2) is 10.1. The van der Waals surface area contributed by atoms with Gasteiger partial charge in [-0.3, -0.25) is 9.59 Å². The maximum absolute atomic E-state index is 12.8. The fourth-order valence-electron chi connectivity index (χ4n) is 2.94. The average molecular weight is 424 g/mol. The van der Waals surface area contributed by atoms with Crippen LogP contribution in [0.3, 0.4) is 0 Å². The van der Waals surface area contributed by atoms with Crippen molar-refractivity contribution in [2.24, 2.45) is 0 Å². The van der Waals surface area contributed by atoms with Crippen LogP contribution in [-0.2, 0) is 9.59 Å². The minimum absolute atomic E-state index is 0.0211. The number of hydrogen-bond donors (Lipinski definition) is 2. The Hall–Kier alpha value is -3.07. The summed E-state index contributed by atoms with van der Waals surface area (Å²) in [5.41, 5.74) is 1.12. The van der Waals surface area contributed by atoms with Crippen molar-refractivity contribution in [1.82, 2.24) is 0 Å². The number of halogens is 3. The lowest BCUT2D eigenvalue weighted by molar-refractivity contribution is -0.862. The van der Waals surface area contributed by atoms with Gasteiger partial charge < -0.3 is 19.9 Å². The Morgan fingerprint density at radius 1 is 1.03 bits per heavy atom. The lowest BCUT2D eigenvalue weighted by Gasteiger charge is -2.27. The Labute approximate surface area is 173 Å². The summed E-state index contributed by atoms with van der Waals surface area (Å²) in [6.45, 7) is 3.96. The number of rotatable bonds is 8. The van der Waals surface area contributed by atoms with Crippen molar-refractivity contribution < 1.29 is 32.4 Å². The molecule has 162 valence electrons. The molecule has 1 unspecified atom stereocenters. The molecule has 0 aliphatic rings. The summed E-state index contributed by atoms with van der Waals surface area (Å²) < 4.78 is 40.4. The van der Waals surface area contributed by atoms with Crippen LogP contribution in [0, 0.1) is 0 Å². The van der Waals surface area contributed by atoms with Crippen LogP contribution in [0.5, 0.6) is 5.75 Å². The third-order valence-corrected chi connectivity index (χ3v) is 4.11. The number of carbonyl (C=O) groups is 2. The van der Waals surface area contributed by atoms with Gasteiger partial charge in [-0.15, -0.1) is 13.2 Å². The van der Waals surface area contributed by atoms with Gasteiger partial charge in [0.15, 0.2) is 13.1 Å². The molecule has 30 heavy (non-hydrogen) atoms. The number of carbonyl (C=O) groups excluding carboxylic acids is 2. The van der Waals surface area contributed by atoms with Crippen molar-refractivity contribution in [1.29, 1.82) is 0 Å². The van der Waals surface area contributed by atoms with E-state index in [1.807, 2.05) is 44.2 Å². The fourth-order valence-corrected chi connectivity index (χ4v) is 2.94. The molecule has 9 heteroatoms. The first kappa shape index (κ1) is 23.2. The Balaban J connectivity index is 1.90. The summed E-state index contributed by atoms with van der Waals surface area (Å²) in [6.07, 6.45) is -4.77. The Kier molecular flexibility index (Phi) is 7.82. The summed E-state index contributed by atoms with van der Waals surface area (Å²) in [5, 5.41) is 2.60. The first-order valence-electron chi connectivity index (χ1n) is 9.39. The zero-order chi connectivity index (χ0) is 22.3. The van der Waals surface area contributed by atoms with Gasteiger partial charge in [-0.05, 0) is 50.2 Å². The predicted molar refractivity (Wildman–Crippen MR) is 107 cm³/mol. The van der Waals surface area contributed by atoms with Crippen molar-refractivity contribution in [3.8, 4) is 5.75 Å². The number of benzene rings is 2. The largest absolute Gasteiger partial charge is 0.573 e. The molecule has 0 saturated carbocycles. The number of anilines is 2. The molecular weight excluding hydrogens is 399 g/mol. The SMILES string of the molecule is CC(C)N(C(=O)C[NH+](C)CC(=O)Nc1ccc(OC(F)(F)F)cc1)c1ccccc1. The zero-order valence-corrected chi connectivity index (χ0v) is 17.0. The fraction of sp³-hybridized carbons (Fsp3) is 0.333. The van der Waals surface area contributed by atoms with Crippen LogP contribution in [0.1, 0.15) is 13.8 Å². The van der Waals surface area contributed by atoms with Crippen LogP contribution in [-0.4, -0.2) is 44.4 Å². The van der Waals surface area contributed by atoms with E-state index in [4.69, 9.17) is 0 Å². The number of quaternary nitrogens is 1. The second-order valence-corrected chi connectivity index (χ2v) is 7.12. The van der Waals surface area contributed by atoms with E-state index in [-0.39, 0.29) is 36.7 Å². The highest BCUT2D eigenvalue weighted by Crippen LogP contribution is 2.23. The van der Waals surface area contributed by atoms with Crippen molar-refractivity contribution >= 4 is 23.2 Å². The molecule has 2 amide bonds. The molecule has 2 N–H and O–H groups in total. The number of hydrogen-bond acceptors (Lipinski definition) is 3. The van der Waals surface area contributed by atoms with Crippen LogP contribution >= 0.6 is 0 Å². The lowest BCUT2D eigenvalue weighted by atomic mass is 10.2. The molecule has 2 aromatic carbocycles. The third-order valence-electron chi connectivity index (χ3n) is 4.11. The van der Waals surface area contributed by atoms with E-state index >= 15 is 0 Å². The van der Waals surface area contributed by atoms with E-state index in [0.717, 1.165) is 17.8 Å². The molecule has 2 rings (SSSR count). The predicted octanol–water partition coefficient (Wildman–Crippen LogP) is 2.48. The summed E-state index contributed by atoms with van der Waals surface area (Å²) in [6, 6.07) is 14.1. The van der Waals surface area contributed by atoms with Gasteiger partial charge in [0.2, 0.25) is 0 Å². The minimum atomic E-state index is -4.77. The Bertz CT molecular complexity index is 840. The van der Waals surface area contributed by atoms with E-state index in [1.165, 1.54) is 12.1 Å². The van der Waals surface area contributed by atoms with Gasteiger partial charge >= 0.3 is 6.36 Å². The average Bonchev–Trinajstić information content (AvgIpc) is 2.62. The number of likely N-dealkylation sites (N-methyl/N-ethyl adjacent to an activating group) is 1. The van der Waals surface area contributed by atoms with Crippen molar-refractivity contribution in [2.75, 3.05) is 30.4 Å². The Morgan fingerprint density at radius 2 is 1.63 bits per heavy atom. The monoisotopic (exact) mass is 424 g/mol. The molecule has 0 aromatic heterocycles. The molecule has 0 aliphatic heterocycles.